The fourth-order valence-corrected chi connectivity index (χ4v) is 7.41. The summed E-state index contributed by atoms with van der Waals surface area (Å²) in [6.45, 7) is 10.7. The predicted octanol–water partition coefficient (Wildman–Crippen LogP) is 1.13. The molecule has 3 heterocycles. The van der Waals surface area contributed by atoms with Crippen molar-refractivity contribution in [3.63, 3.8) is 0 Å². The Morgan fingerprint density at radius 3 is 2.22 bits per heavy atom. The lowest BCUT2D eigenvalue weighted by atomic mass is 9.53. The molecule has 5 rings (SSSR count). The highest BCUT2D eigenvalue weighted by Crippen LogP contribution is 2.69. The molecule has 3 saturated heterocycles. The summed E-state index contributed by atoms with van der Waals surface area (Å²) in [5.41, 5.74) is -4.41. The summed E-state index contributed by atoms with van der Waals surface area (Å²) in [5.74, 6) is -3.27. The van der Waals surface area contributed by atoms with Crippen molar-refractivity contribution < 1.29 is 52.7 Å². The zero-order valence-corrected chi connectivity index (χ0v) is 22.1. The smallest absolute Gasteiger partial charge is 0.342 e. The molecule has 0 radical (unpaired) electrons. The molecule has 0 amide bonds. The van der Waals surface area contributed by atoms with Gasteiger partial charge in [-0.05, 0) is 26.8 Å². The van der Waals surface area contributed by atoms with E-state index in [1.807, 2.05) is 6.92 Å². The molecule has 0 bridgehead atoms. The van der Waals surface area contributed by atoms with E-state index in [9.17, 15) is 24.3 Å². The summed E-state index contributed by atoms with van der Waals surface area (Å²) in [7, 11) is 0. The molecule has 4 fully saturated rings. The van der Waals surface area contributed by atoms with Gasteiger partial charge in [0, 0.05) is 39.5 Å². The molecule has 11 nitrogen and oxygen atoms in total. The first-order chi connectivity index (χ1) is 17.1. The first-order valence-corrected chi connectivity index (χ1v) is 12.6. The average Bonchev–Trinajstić information content (AvgIpc) is 3.59. The third-order valence-electron chi connectivity index (χ3n) is 9.09. The van der Waals surface area contributed by atoms with Crippen molar-refractivity contribution in [3.8, 4) is 0 Å². The predicted molar refractivity (Wildman–Crippen MR) is 123 cm³/mol. The van der Waals surface area contributed by atoms with Crippen LogP contribution in [0.2, 0.25) is 0 Å². The van der Waals surface area contributed by atoms with Crippen LogP contribution in [-0.2, 0) is 47.6 Å². The van der Waals surface area contributed by atoms with Gasteiger partial charge in [-0.3, -0.25) is 14.4 Å². The van der Waals surface area contributed by atoms with E-state index in [0.717, 1.165) is 0 Å². The van der Waals surface area contributed by atoms with E-state index < -0.39 is 82.5 Å². The molecule has 11 heteroatoms. The minimum absolute atomic E-state index is 0.130. The van der Waals surface area contributed by atoms with Crippen LogP contribution in [0, 0.1) is 11.3 Å². The van der Waals surface area contributed by atoms with Crippen molar-refractivity contribution in [2.45, 2.75) is 115 Å². The molecule has 0 aromatic heterocycles. The maximum absolute atomic E-state index is 12.9. The van der Waals surface area contributed by atoms with Crippen LogP contribution in [0.5, 0.6) is 0 Å². The molecular weight excluding hydrogens is 488 g/mol. The summed E-state index contributed by atoms with van der Waals surface area (Å²) in [5, 5.41) is 12.2. The van der Waals surface area contributed by atoms with Crippen LogP contribution in [0.25, 0.3) is 0 Å². The van der Waals surface area contributed by atoms with Crippen molar-refractivity contribution in [1.29, 1.82) is 0 Å². The number of esters is 4. The molecule has 2 aliphatic carbocycles. The quantitative estimate of drug-likeness (QED) is 0.246. The first-order valence-electron chi connectivity index (χ1n) is 12.6. The normalized spacial score (nSPS) is 51.0. The average molecular weight is 523 g/mol. The van der Waals surface area contributed by atoms with Gasteiger partial charge < -0.3 is 33.5 Å². The van der Waals surface area contributed by atoms with Crippen molar-refractivity contribution in [1.82, 2.24) is 0 Å². The zero-order valence-electron chi connectivity index (χ0n) is 22.1. The number of epoxide rings is 2. The second-order valence-corrected chi connectivity index (χ2v) is 11.6. The Morgan fingerprint density at radius 2 is 1.65 bits per heavy atom. The van der Waals surface area contributed by atoms with Crippen molar-refractivity contribution in [2.75, 3.05) is 0 Å². The molecule has 1 saturated carbocycles. The fourth-order valence-electron chi connectivity index (χ4n) is 7.41. The minimum atomic E-state index is -1.43. The second kappa shape index (κ2) is 8.00. The van der Waals surface area contributed by atoms with Gasteiger partial charge in [0.05, 0.1) is 23.2 Å². The fraction of sp³-hybridized carbons (Fsp3) is 0.769. The van der Waals surface area contributed by atoms with E-state index in [4.69, 9.17) is 28.4 Å². The molecule has 11 atom stereocenters. The number of hydrogen-bond acceptors (Lipinski definition) is 11. The summed E-state index contributed by atoms with van der Waals surface area (Å²) in [6, 6.07) is 0. The standard InChI is InChI=1S/C26H34O11/c1-11-8-15(32-12(2)27)21(34-14(4)29)23(5)16(33-13(3)28)10-17-24(6,36-17)19(23)20(30)26-18(9-11)35-22(31)25(26,7)37-26/h9,15-21,30H,8,10H2,1-7H3/b11-9-/t15-,16+,17+,18+,19-,20+,21+,23+,24+,25+,26+/m0/s1. The van der Waals surface area contributed by atoms with Crippen LogP contribution in [0.3, 0.4) is 0 Å². The highest BCUT2D eigenvalue weighted by molar-refractivity contribution is 5.89. The molecule has 1 N–H and O–H groups in total. The molecule has 204 valence electrons. The zero-order chi connectivity index (χ0) is 27.3. The number of fused-ring (bicyclic) bond motifs is 3. The topological polar surface area (TPSA) is 150 Å². The number of carbonyl (C=O) groups excluding carboxylic acids is 4. The number of ether oxygens (including phenoxy) is 6. The Morgan fingerprint density at radius 1 is 1.03 bits per heavy atom. The van der Waals surface area contributed by atoms with E-state index >= 15 is 0 Å². The molecule has 0 aromatic carbocycles. The molecule has 3 aliphatic heterocycles. The van der Waals surface area contributed by atoms with Gasteiger partial charge in [-0.2, -0.15) is 0 Å². The first kappa shape index (κ1) is 26.1. The molecule has 0 aromatic rings. The highest BCUT2D eigenvalue weighted by atomic mass is 16.7. The maximum Gasteiger partial charge on any atom is 0.342 e. The lowest BCUT2D eigenvalue weighted by Gasteiger charge is -2.54. The van der Waals surface area contributed by atoms with E-state index in [0.29, 0.717) is 5.57 Å². The van der Waals surface area contributed by atoms with Crippen molar-refractivity contribution in [3.05, 3.63) is 11.6 Å². The van der Waals surface area contributed by atoms with Gasteiger partial charge >= 0.3 is 23.9 Å². The Kier molecular flexibility index (Phi) is 5.65. The van der Waals surface area contributed by atoms with Crippen molar-refractivity contribution in [2.24, 2.45) is 11.3 Å². The Balaban J connectivity index is 1.75. The molecular formula is C26H34O11. The number of rotatable bonds is 3. The Bertz CT molecular complexity index is 1100. The Hall–Kier alpha value is -2.50. The highest BCUT2D eigenvalue weighted by Gasteiger charge is 2.88. The lowest BCUT2D eigenvalue weighted by molar-refractivity contribution is -0.224. The van der Waals surface area contributed by atoms with E-state index in [2.05, 4.69) is 0 Å². The SMILES string of the molecule is CC(=O)O[C@H]1C/C(C)=C\[C@H]2OC(=O)[C@@]3(C)O[C@@]23[C@H](O)[C@@H]2[C@]3(C)O[C@@H]3C[C@@H](OC(C)=O)[C@@]2(C)[C@@H]1OC(C)=O. The monoisotopic (exact) mass is 522 g/mol. The van der Waals surface area contributed by atoms with E-state index in [-0.39, 0.29) is 18.9 Å². The lowest BCUT2D eigenvalue weighted by Crippen LogP contribution is -2.67. The van der Waals surface area contributed by atoms with Gasteiger partial charge in [0.2, 0.25) is 0 Å². The van der Waals surface area contributed by atoms with Crippen LogP contribution in [0.15, 0.2) is 11.6 Å². The molecule has 5 aliphatic rings. The Labute approximate surface area is 214 Å². The van der Waals surface area contributed by atoms with Gasteiger partial charge in [0.25, 0.3) is 0 Å². The molecule has 0 unspecified atom stereocenters. The number of carbonyl (C=O) groups is 4. The van der Waals surface area contributed by atoms with Crippen molar-refractivity contribution >= 4 is 23.9 Å². The van der Waals surface area contributed by atoms with Crippen LogP contribution in [-0.4, -0.2) is 82.4 Å². The third-order valence-corrected chi connectivity index (χ3v) is 9.09. The summed E-state index contributed by atoms with van der Waals surface area (Å²) < 4.78 is 35.2. The van der Waals surface area contributed by atoms with E-state index in [1.54, 1.807) is 26.8 Å². The number of aliphatic hydroxyl groups excluding tert-OH is 1. The largest absolute Gasteiger partial charge is 0.462 e. The second-order valence-electron chi connectivity index (χ2n) is 11.6. The van der Waals surface area contributed by atoms with Gasteiger partial charge in [0.15, 0.2) is 17.3 Å². The minimum Gasteiger partial charge on any atom is -0.462 e. The van der Waals surface area contributed by atoms with Gasteiger partial charge in [-0.1, -0.05) is 12.5 Å². The van der Waals surface area contributed by atoms with Crippen LogP contribution < -0.4 is 0 Å². The summed E-state index contributed by atoms with van der Waals surface area (Å²) >= 11 is 0. The van der Waals surface area contributed by atoms with Gasteiger partial charge in [-0.15, -0.1) is 0 Å². The van der Waals surface area contributed by atoms with E-state index in [1.165, 1.54) is 20.8 Å². The maximum atomic E-state index is 12.9. The number of hydrogen-bond donors (Lipinski definition) is 1. The molecule has 1 spiro atoms. The van der Waals surface area contributed by atoms with Crippen LogP contribution in [0.1, 0.15) is 61.3 Å². The van der Waals surface area contributed by atoms with Crippen LogP contribution >= 0.6 is 0 Å². The number of aliphatic hydroxyl groups is 1. The summed E-state index contributed by atoms with van der Waals surface area (Å²) in [6.07, 6.45) is -3.58. The van der Waals surface area contributed by atoms with Crippen LogP contribution in [0.4, 0.5) is 0 Å². The summed E-state index contributed by atoms with van der Waals surface area (Å²) in [4.78, 5) is 49.8. The third kappa shape index (κ3) is 3.50. The van der Waals surface area contributed by atoms with Gasteiger partial charge in [-0.25, -0.2) is 4.79 Å². The van der Waals surface area contributed by atoms with Gasteiger partial charge in [0.1, 0.15) is 18.3 Å². The molecule has 37 heavy (non-hydrogen) atoms.